The van der Waals surface area contributed by atoms with Gasteiger partial charge in [-0.15, -0.1) is 0 Å². The highest BCUT2D eigenvalue weighted by atomic mass is 19.1. The minimum absolute atomic E-state index is 0.0302. The molecule has 4 heteroatoms. The first-order chi connectivity index (χ1) is 9.54. The first-order valence-corrected chi connectivity index (χ1v) is 7.48. The van der Waals surface area contributed by atoms with Gasteiger partial charge in [0.2, 0.25) is 0 Å². The molecule has 1 aromatic rings. The van der Waals surface area contributed by atoms with E-state index in [9.17, 15) is 4.39 Å². The third kappa shape index (κ3) is 3.19. The topological polar surface area (TPSA) is 32.5 Å². The van der Waals surface area contributed by atoms with Crippen LogP contribution < -0.4 is 5.73 Å². The van der Waals surface area contributed by atoms with E-state index >= 15 is 0 Å². The molecule has 1 fully saturated rings. The number of nitrogens with zero attached hydrogens (tertiary/aromatic N) is 2. The summed E-state index contributed by atoms with van der Waals surface area (Å²) in [5, 5.41) is 0. The molecule has 1 aliphatic rings. The van der Waals surface area contributed by atoms with Gasteiger partial charge in [0, 0.05) is 37.3 Å². The fraction of sp³-hybridized carbons (Fsp3) is 0.625. The standard InChI is InChI=1S/C16H26FN3/c1-4-15(18)16(13-7-5-6-8-14(13)17)20-10-9-19(3)12(2)11-20/h5-8,12,15-16H,4,9-11,18H2,1-3H3. The van der Waals surface area contributed by atoms with Gasteiger partial charge in [-0.3, -0.25) is 4.90 Å². The number of rotatable bonds is 4. The van der Waals surface area contributed by atoms with Crippen LogP contribution in [0.15, 0.2) is 24.3 Å². The zero-order chi connectivity index (χ0) is 14.7. The number of hydrogen-bond donors (Lipinski definition) is 1. The van der Waals surface area contributed by atoms with Gasteiger partial charge in [0.25, 0.3) is 0 Å². The van der Waals surface area contributed by atoms with Crippen molar-refractivity contribution in [1.82, 2.24) is 9.80 Å². The van der Waals surface area contributed by atoms with E-state index in [1.54, 1.807) is 6.07 Å². The van der Waals surface area contributed by atoms with Crippen molar-refractivity contribution in [3.05, 3.63) is 35.6 Å². The van der Waals surface area contributed by atoms with Gasteiger partial charge in [0.1, 0.15) is 5.82 Å². The maximum atomic E-state index is 14.2. The van der Waals surface area contributed by atoms with E-state index in [0.29, 0.717) is 6.04 Å². The average Bonchev–Trinajstić information content (AvgIpc) is 2.44. The van der Waals surface area contributed by atoms with Gasteiger partial charge < -0.3 is 10.6 Å². The maximum absolute atomic E-state index is 14.2. The molecule has 3 unspecified atom stereocenters. The van der Waals surface area contributed by atoms with E-state index in [1.165, 1.54) is 6.07 Å². The SMILES string of the molecule is CCC(N)C(c1ccccc1F)N1CCN(C)C(C)C1. The molecule has 0 radical (unpaired) electrons. The molecule has 0 aromatic heterocycles. The van der Waals surface area contributed by atoms with E-state index in [0.717, 1.165) is 31.6 Å². The lowest BCUT2D eigenvalue weighted by molar-refractivity contribution is 0.0598. The van der Waals surface area contributed by atoms with Gasteiger partial charge in [0.15, 0.2) is 0 Å². The van der Waals surface area contributed by atoms with Gasteiger partial charge in [-0.25, -0.2) is 4.39 Å². The van der Waals surface area contributed by atoms with Crippen LogP contribution in [-0.2, 0) is 0 Å². The van der Waals surface area contributed by atoms with Crippen LogP contribution in [0.2, 0.25) is 0 Å². The van der Waals surface area contributed by atoms with Gasteiger partial charge in [-0.2, -0.15) is 0 Å². The van der Waals surface area contributed by atoms with Crippen molar-refractivity contribution < 1.29 is 4.39 Å². The summed E-state index contributed by atoms with van der Waals surface area (Å²) < 4.78 is 14.2. The lowest BCUT2D eigenvalue weighted by Gasteiger charge is -2.43. The summed E-state index contributed by atoms with van der Waals surface area (Å²) in [5.74, 6) is -0.145. The van der Waals surface area contributed by atoms with Crippen LogP contribution in [0.3, 0.4) is 0 Å². The van der Waals surface area contributed by atoms with Crippen LogP contribution in [0, 0.1) is 5.82 Å². The molecule has 1 aromatic carbocycles. The minimum atomic E-state index is -0.145. The van der Waals surface area contributed by atoms with Crippen molar-refractivity contribution in [3.63, 3.8) is 0 Å². The molecule has 0 spiro atoms. The Hall–Kier alpha value is -0.970. The molecule has 1 aliphatic heterocycles. The smallest absolute Gasteiger partial charge is 0.128 e. The Kier molecular flexibility index (Phi) is 5.13. The molecule has 112 valence electrons. The molecule has 2 rings (SSSR count). The molecule has 20 heavy (non-hydrogen) atoms. The zero-order valence-electron chi connectivity index (χ0n) is 12.7. The fourth-order valence-corrected chi connectivity index (χ4v) is 2.97. The summed E-state index contributed by atoms with van der Waals surface area (Å²) in [4.78, 5) is 4.68. The molecule has 0 bridgehead atoms. The first-order valence-electron chi connectivity index (χ1n) is 7.48. The van der Waals surface area contributed by atoms with Crippen LogP contribution in [0.25, 0.3) is 0 Å². The number of hydrogen-bond acceptors (Lipinski definition) is 3. The average molecular weight is 279 g/mol. The summed E-state index contributed by atoms with van der Waals surface area (Å²) >= 11 is 0. The largest absolute Gasteiger partial charge is 0.326 e. The van der Waals surface area contributed by atoms with Crippen LogP contribution in [-0.4, -0.2) is 48.6 Å². The minimum Gasteiger partial charge on any atom is -0.326 e. The molecule has 1 heterocycles. The Morgan fingerprint density at radius 3 is 2.65 bits per heavy atom. The van der Waals surface area contributed by atoms with Crippen LogP contribution in [0.4, 0.5) is 4.39 Å². The summed E-state index contributed by atoms with van der Waals surface area (Å²) in [7, 11) is 2.14. The van der Waals surface area contributed by atoms with Gasteiger partial charge in [-0.1, -0.05) is 25.1 Å². The van der Waals surface area contributed by atoms with Crippen molar-refractivity contribution in [2.75, 3.05) is 26.7 Å². The molecule has 2 N–H and O–H groups in total. The molecular weight excluding hydrogens is 253 g/mol. The van der Waals surface area contributed by atoms with E-state index in [2.05, 4.69) is 30.7 Å². The monoisotopic (exact) mass is 279 g/mol. The van der Waals surface area contributed by atoms with E-state index < -0.39 is 0 Å². The van der Waals surface area contributed by atoms with Gasteiger partial charge >= 0.3 is 0 Å². The second kappa shape index (κ2) is 6.66. The quantitative estimate of drug-likeness (QED) is 0.917. The van der Waals surface area contributed by atoms with Crippen LogP contribution in [0.5, 0.6) is 0 Å². The normalized spacial score (nSPS) is 24.6. The summed E-state index contributed by atoms with van der Waals surface area (Å²) in [6.45, 7) is 7.15. The highest BCUT2D eigenvalue weighted by Crippen LogP contribution is 2.29. The van der Waals surface area contributed by atoms with E-state index in [-0.39, 0.29) is 17.9 Å². The van der Waals surface area contributed by atoms with Crippen LogP contribution >= 0.6 is 0 Å². The zero-order valence-corrected chi connectivity index (χ0v) is 12.7. The first kappa shape index (κ1) is 15.4. The van der Waals surface area contributed by atoms with Crippen molar-refractivity contribution in [2.24, 2.45) is 5.73 Å². The highest BCUT2D eigenvalue weighted by Gasteiger charge is 2.32. The Morgan fingerprint density at radius 2 is 2.05 bits per heavy atom. The Balaban J connectivity index is 2.27. The Labute approximate surface area is 121 Å². The third-order valence-electron chi connectivity index (χ3n) is 4.49. The predicted molar refractivity (Wildman–Crippen MR) is 81.1 cm³/mol. The Morgan fingerprint density at radius 1 is 1.35 bits per heavy atom. The van der Waals surface area contributed by atoms with Crippen molar-refractivity contribution >= 4 is 0 Å². The molecule has 3 nitrogen and oxygen atoms in total. The molecular formula is C16H26FN3. The number of likely N-dealkylation sites (N-methyl/N-ethyl adjacent to an activating group) is 1. The van der Waals surface area contributed by atoms with Crippen LogP contribution in [0.1, 0.15) is 31.9 Å². The fourth-order valence-electron chi connectivity index (χ4n) is 2.97. The predicted octanol–water partition coefficient (Wildman–Crippen LogP) is 2.24. The lowest BCUT2D eigenvalue weighted by Crippen LogP contribution is -2.54. The van der Waals surface area contributed by atoms with Crippen molar-refractivity contribution in [1.29, 1.82) is 0 Å². The van der Waals surface area contributed by atoms with Crippen molar-refractivity contribution in [3.8, 4) is 0 Å². The number of benzene rings is 1. The van der Waals surface area contributed by atoms with Crippen molar-refractivity contribution in [2.45, 2.75) is 38.4 Å². The maximum Gasteiger partial charge on any atom is 0.128 e. The third-order valence-corrected chi connectivity index (χ3v) is 4.49. The highest BCUT2D eigenvalue weighted by molar-refractivity contribution is 5.23. The second-order valence-corrected chi connectivity index (χ2v) is 5.86. The summed E-state index contributed by atoms with van der Waals surface area (Å²) in [6.07, 6.45) is 0.847. The molecule has 3 atom stereocenters. The number of piperazine rings is 1. The summed E-state index contributed by atoms with van der Waals surface area (Å²) in [5.41, 5.74) is 7.04. The molecule has 1 saturated heterocycles. The van der Waals surface area contributed by atoms with E-state index in [1.807, 2.05) is 12.1 Å². The molecule has 0 aliphatic carbocycles. The van der Waals surface area contributed by atoms with Gasteiger partial charge in [-0.05, 0) is 26.5 Å². The number of halogens is 1. The number of nitrogens with two attached hydrogens (primary N) is 1. The lowest BCUT2D eigenvalue weighted by atomic mass is 9.94. The van der Waals surface area contributed by atoms with Gasteiger partial charge in [0.05, 0.1) is 6.04 Å². The second-order valence-electron chi connectivity index (χ2n) is 5.86. The Bertz CT molecular complexity index is 437. The molecule has 0 amide bonds. The molecule has 0 saturated carbocycles. The van der Waals surface area contributed by atoms with E-state index in [4.69, 9.17) is 5.73 Å². The summed E-state index contributed by atoms with van der Waals surface area (Å²) in [6, 6.07) is 7.44.